The normalized spacial score (nSPS) is 11.0. The number of sulfonamides is 1. The van der Waals surface area contributed by atoms with E-state index in [0.29, 0.717) is 4.31 Å². The summed E-state index contributed by atoms with van der Waals surface area (Å²) in [6.45, 7) is -0.930. The average Bonchev–Trinajstić information content (AvgIpc) is 2.65. The van der Waals surface area contributed by atoms with Gasteiger partial charge in [0.25, 0.3) is 15.7 Å². The van der Waals surface area contributed by atoms with E-state index in [2.05, 4.69) is 0 Å². The zero-order valence-electron chi connectivity index (χ0n) is 14.7. The molecule has 0 heterocycles. The van der Waals surface area contributed by atoms with Gasteiger partial charge in [0.15, 0.2) is 0 Å². The Morgan fingerprint density at radius 1 is 1.18 bits per heavy atom. The predicted octanol–water partition coefficient (Wildman–Crippen LogP) is 2.55. The first-order chi connectivity index (χ1) is 13.1. The van der Waals surface area contributed by atoms with Gasteiger partial charge in [-0.25, -0.2) is 8.42 Å². The van der Waals surface area contributed by atoms with Gasteiger partial charge in [0.1, 0.15) is 18.0 Å². The number of carboxylic acid groups (broad SMARTS) is 1. The van der Waals surface area contributed by atoms with Gasteiger partial charge < -0.3 is 14.6 Å². The van der Waals surface area contributed by atoms with Crippen LogP contribution >= 0.6 is 11.6 Å². The van der Waals surface area contributed by atoms with E-state index in [1.165, 1.54) is 26.4 Å². The molecule has 0 unspecified atom stereocenters. The van der Waals surface area contributed by atoms with Gasteiger partial charge in [0.2, 0.25) is 0 Å². The van der Waals surface area contributed by atoms with Crippen LogP contribution in [0.15, 0.2) is 41.3 Å². The van der Waals surface area contributed by atoms with Crippen molar-refractivity contribution in [2.45, 2.75) is 4.90 Å². The van der Waals surface area contributed by atoms with Gasteiger partial charge in [-0.3, -0.25) is 19.2 Å². The molecule has 2 aromatic carbocycles. The van der Waals surface area contributed by atoms with Crippen molar-refractivity contribution in [3.8, 4) is 11.5 Å². The summed E-state index contributed by atoms with van der Waals surface area (Å²) in [5.74, 6) is -1.33. The molecule has 0 aromatic heterocycles. The standard InChI is InChI=1S/C16H15ClN2O8S/c1-26-14-8-13(15(27-2)7-12(14)17)18(9-16(20)21)28(24,25)11-5-3-10(4-6-11)19(22)23/h3-8H,9H2,1-2H3,(H,20,21). The fraction of sp³-hybridized carbons (Fsp3) is 0.188. The summed E-state index contributed by atoms with van der Waals surface area (Å²) in [6, 6.07) is 6.56. The molecule has 2 aromatic rings. The van der Waals surface area contributed by atoms with Crippen molar-refractivity contribution >= 4 is 39.0 Å². The first-order valence-corrected chi connectivity index (χ1v) is 9.34. The molecule has 0 radical (unpaired) electrons. The number of ether oxygens (including phenoxy) is 2. The van der Waals surface area contributed by atoms with Crippen LogP contribution < -0.4 is 13.8 Å². The van der Waals surface area contributed by atoms with Crippen LogP contribution in [0.3, 0.4) is 0 Å². The van der Waals surface area contributed by atoms with Gasteiger partial charge >= 0.3 is 5.97 Å². The number of nitro groups is 1. The molecule has 0 aliphatic heterocycles. The number of carboxylic acids is 1. The lowest BCUT2D eigenvalue weighted by atomic mass is 10.2. The number of rotatable bonds is 8. The number of carbonyl (C=O) groups is 1. The minimum atomic E-state index is -4.41. The molecule has 1 N–H and O–H groups in total. The van der Waals surface area contributed by atoms with Crippen molar-refractivity contribution in [2.75, 3.05) is 25.1 Å². The second kappa shape index (κ2) is 8.31. The van der Waals surface area contributed by atoms with Crippen molar-refractivity contribution in [1.82, 2.24) is 0 Å². The van der Waals surface area contributed by atoms with Crippen molar-refractivity contribution in [2.24, 2.45) is 0 Å². The summed E-state index contributed by atoms with van der Waals surface area (Å²) in [7, 11) is -1.84. The fourth-order valence-electron chi connectivity index (χ4n) is 2.33. The van der Waals surface area contributed by atoms with Crippen LogP contribution in [0.5, 0.6) is 11.5 Å². The molecule has 0 aliphatic carbocycles. The number of hydrogen-bond acceptors (Lipinski definition) is 7. The second-order valence-corrected chi connectivity index (χ2v) is 7.58. The molecule has 0 bridgehead atoms. The number of hydrogen-bond donors (Lipinski definition) is 1. The Bertz CT molecular complexity index is 1010. The highest BCUT2D eigenvalue weighted by atomic mass is 35.5. The Balaban J connectivity index is 2.66. The monoisotopic (exact) mass is 430 g/mol. The van der Waals surface area contributed by atoms with Gasteiger partial charge in [0.05, 0.1) is 34.7 Å². The second-order valence-electron chi connectivity index (χ2n) is 5.32. The number of non-ortho nitro benzene ring substituents is 1. The quantitative estimate of drug-likeness (QED) is 0.498. The Kier molecular flexibility index (Phi) is 6.31. The van der Waals surface area contributed by atoms with E-state index in [9.17, 15) is 28.4 Å². The summed E-state index contributed by atoms with van der Waals surface area (Å²) < 4.78 is 36.9. The number of aliphatic carboxylic acids is 1. The Hall–Kier alpha value is -3.05. The highest BCUT2D eigenvalue weighted by Gasteiger charge is 2.30. The summed E-state index contributed by atoms with van der Waals surface area (Å²) in [6.07, 6.45) is 0. The van der Waals surface area contributed by atoms with Crippen LogP contribution in [0.25, 0.3) is 0 Å². The van der Waals surface area contributed by atoms with Crippen LogP contribution in [0.1, 0.15) is 0 Å². The van der Waals surface area contributed by atoms with E-state index in [0.717, 1.165) is 24.3 Å². The first-order valence-electron chi connectivity index (χ1n) is 7.52. The number of benzene rings is 2. The lowest BCUT2D eigenvalue weighted by molar-refractivity contribution is -0.384. The molecule has 0 amide bonds. The lowest BCUT2D eigenvalue weighted by Crippen LogP contribution is -2.36. The smallest absolute Gasteiger partial charge is 0.324 e. The first kappa shape index (κ1) is 21.3. The zero-order chi connectivity index (χ0) is 21.1. The zero-order valence-corrected chi connectivity index (χ0v) is 16.2. The molecule has 0 aliphatic rings. The third-order valence-corrected chi connectivity index (χ3v) is 5.71. The Labute approximate surface area is 165 Å². The van der Waals surface area contributed by atoms with Gasteiger partial charge in [0, 0.05) is 24.3 Å². The number of halogens is 1. The van der Waals surface area contributed by atoms with Crippen molar-refractivity contribution in [3.05, 3.63) is 51.5 Å². The maximum atomic E-state index is 13.1. The molecule has 150 valence electrons. The summed E-state index contributed by atoms with van der Waals surface area (Å²) in [5, 5.41) is 20.1. The topological polar surface area (TPSA) is 136 Å². The van der Waals surface area contributed by atoms with Gasteiger partial charge in [-0.05, 0) is 12.1 Å². The third-order valence-electron chi connectivity index (χ3n) is 3.64. The Morgan fingerprint density at radius 2 is 1.75 bits per heavy atom. The fourth-order valence-corrected chi connectivity index (χ4v) is 3.98. The molecule has 0 spiro atoms. The maximum Gasteiger partial charge on any atom is 0.324 e. The van der Waals surface area contributed by atoms with Crippen LogP contribution in [-0.4, -0.2) is 45.2 Å². The van der Waals surface area contributed by atoms with E-state index in [1.807, 2.05) is 0 Å². The van der Waals surface area contributed by atoms with Gasteiger partial charge in [-0.2, -0.15) is 0 Å². The largest absolute Gasteiger partial charge is 0.495 e. The number of methoxy groups -OCH3 is 2. The number of nitro benzene ring substituents is 1. The molecule has 0 fully saturated rings. The summed E-state index contributed by atoms with van der Waals surface area (Å²) in [5.41, 5.74) is -0.431. The molecule has 0 saturated heterocycles. The maximum absolute atomic E-state index is 13.1. The van der Waals surface area contributed by atoms with Crippen molar-refractivity contribution in [1.29, 1.82) is 0 Å². The van der Waals surface area contributed by atoms with E-state index >= 15 is 0 Å². The predicted molar refractivity (Wildman–Crippen MR) is 99.8 cm³/mol. The number of nitrogens with zero attached hydrogens (tertiary/aromatic N) is 2. The number of anilines is 1. The van der Waals surface area contributed by atoms with Gasteiger partial charge in [-0.15, -0.1) is 0 Å². The molecule has 28 heavy (non-hydrogen) atoms. The van der Waals surface area contributed by atoms with E-state index in [1.54, 1.807) is 0 Å². The van der Waals surface area contributed by atoms with Gasteiger partial charge in [-0.1, -0.05) is 11.6 Å². The molecular weight excluding hydrogens is 416 g/mol. The minimum Gasteiger partial charge on any atom is -0.495 e. The summed E-state index contributed by atoms with van der Waals surface area (Å²) in [4.78, 5) is 21.1. The highest BCUT2D eigenvalue weighted by molar-refractivity contribution is 7.92. The average molecular weight is 431 g/mol. The third kappa shape index (κ3) is 4.26. The molecule has 0 atom stereocenters. The molecule has 0 saturated carbocycles. The van der Waals surface area contributed by atoms with Crippen molar-refractivity contribution < 1.29 is 32.7 Å². The van der Waals surface area contributed by atoms with Crippen LogP contribution in [0, 0.1) is 10.1 Å². The van der Waals surface area contributed by atoms with Crippen LogP contribution in [0.4, 0.5) is 11.4 Å². The van der Waals surface area contributed by atoms with E-state index in [-0.39, 0.29) is 32.8 Å². The van der Waals surface area contributed by atoms with E-state index < -0.39 is 27.5 Å². The van der Waals surface area contributed by atoms with E-state index in [4.69, 9.17) is 21.1 Å². The molecular formula is C16H15ClN2O8S. The van der Waals surface area contributed by atoms with Crippen LogP contribution in [0.2, 0.25) is 5.02 Å². The van der Waals surface area contributed by atoms with Crippen molar-refractivity contribution in [3.63, 3.8) is 0 Å². The molecule has 12 heteroatoms. The molecule has 2 rings (SSSR count). The highest BCUT2D eigenvalue weighted by Crippen LogP contribution is 2.40. The lowest BCUT2D eigenvalue weighted by Gasteiger charge is -2.25. The minimum absolute atomic E-state index is 0.00228. The van der Waals surface area contributed by atoms with Crippen LogP contribution in [-0.2, 0) is 14.8 Å². The Morgan fingerprint density at radius 3 is 2.21 bits per heavy atom. The summed E-state index contributed by atoms with van der Waals surface area (Å²) >= 11 is 6.02. The SMILES string of the molecule is COc1cc(N(CC(=O)O)S(=O)(=O)c2ccc([N+](=O)[O-])cc2)c(OC)cc1Cl. The molecule has 10 nitrogen and oxygen atoms in total.